The molecule has 1 saturated heterocycles. The van der Waals surface area contributed by atoms with Crippen molar-refractivity contribution >= 4 is 5.78 Å². The van der Waals surface area contributed by atoms with E-state index in [0.717, 1.165) is 25.8 Å². The molecular formula is C18H23NO2. The van der Waals surface area contributed by atoms with Gasteiger partial charge in [0.25, 0.3) is 0 Å². The van der Waals surface area contributed by atoms with E-state index in [1.165, 1.54) is 11.1 Å². The van der Waals surface area contributed by atoms with Crippen LogP contribution in [0.1, 0.15) is 37.3 Å². The summed E-state index contributed by atoms with van der Waals surface area (Å²) in [6, 6.07) is 6.34. The fourth-order valence-corrected chi connectivity index (χ4v) is 5.16. The number of hydrogen-bond acceptors (Lipinski definition) is 3. The first-order valence-corrected chi connectivity index (χ1v) is 8.06. The molecule has 21 heavy (non-hydrogen) atoms. The molecule has 3 heteroatoms. The number of carbonyl (C=O) groups excluding carboxylic acids is 1. The van der Waals surface area contributed by atoms with E-state index in [1.54, 1.807) is 6.07 Å². The number of likely N-dealkylation sites (tertiary alicyclic amines) is 1. The zero-order valence-electron chi connectivity index (χ0n) is 12.8. The highest BCUT2D eigenvalue weighted by Crippen LogP contribution is 2.56. The number of nitrogens with zero attached hydrogens (tertiary/aromatic N) is 1. The molecule has 0 unspecified atom stereocenters. The van der Waals surface area contributed by atoms with Gasteiger partial charge in [-0.1, -0.05) is 13.0 Å². The maximum absolute atomic E-state index is 12.4. The molecule has 1 saturated carbocycles. The minimum Gasteiger partial charge on any atom is -0.508 e. The number of fused-ring (bicyclic) bond motifs is 1. The minimum atomic E-state index is -0.0207. The fraction of sp³-hybridized carbons (Fsp3) is 0.611. The van der Waals surface area contributed by atoms with Crippen molar-refractivity contribution in [1.82, 2.24) is 4.90 Å². The molecule has 3 aliphatic rings. The Bertz CT molecular complexity index is 611. The van der Waals surface area contributed by atoms with Crippen molar-refractivity contribution in [3.8, 4) is 5.75 Å². The normalized spacial score (nSPS) is 38.8. The number of phenols is 1. The third-order valence-electron chi connectivity index (χ3n) is 6.36. The van der Waals surface area contributed by atoms with Crippen LogP contribution in [0.4, 0.5) is 0 Å². The molecule has 1 aromatic rings. The van der Waals surface area contributed by atoms with Gasteiger partial charge in [-0.15, -0.1) is 0 Å². The number of rotatable bonds is 0. The predicted octanol–water partition coefficient (Wildman–Crippen LogP) is 2.51. The van der Waals surface area contributed by atoms with E-state index in [-0.39, 0.29) is 11.3 Å². The highest BCUT2D eigenvalue weighted by atomic mass is 16.3. The average Bonchev–Trinajstić information content (AvgIpc) is 2.45. The molecule has 1 aliphatic heterocycles. The fourth-order valence-electron chi connectivity index (χ4n) is 5.16. The van der Waals surface area contributed by atoms with Crippen LogP contribution in [0, 0.1) is 11.8 Å². The molecule has 0 aromatic heterocycles. The summed E-state index contributed by atoms with van der Waals surface area (Å²) in [6.45, 7) is 3.14. The van der Waals surface area contributed by atoms with Crippen molar-refractivity contribution in [3.63, 3.8) is 0 Å². The van der Waals surface area contributed by atoms with Crippen molar-refractivity contribution in [2.75, 3.05) is 13.6 Å². The third-order valence-corrected chi connectivity index (χ3v) is 6.36. The monoisotopic (exact) mass is 285 g/mol. The van der Waals surface area contributed by atoms with Crippen LogP contribution in [-0.4, -0.2) is 35.4 Å². The standard InChI is InChI=1S/C18H23NO2/c1-11-7-15-16-8-12-3-4-13(20)9-14(12)18(15,10-17(11)21)5-6-19(16)2/h3-4,9,11,15-16,20H,5-8,10H2,1-2H3/t11-,15-,16+,18+/m0/s1. The quantitative estimate of drug-likeness (QED) is 0.796. The van der Waals surface area contributed by atoms with Gasteiger partial charge in [0.05, 0.1) is 0 Å². The first-order valence-electron chi connectivity index (χ1n) is 8.06. The molecule has 4 rings (SSSR count). The lowest BCUT2D eigenvalue weighted by molar-refractivity contribution is -0.132. The Morgan fingerprint density at radius 2 is 2.19 bits per heavy atom. The molecule has 1 heterocycles. The summed E-state index contributed by atoms with van der Waals surface area (Å²) in [5.41, 5.74) is 2.58. The first-order chi connectivity index (χ1) is 10.0. The lowest BCUT2D eigenvalue weighted by Gasteiger charge is -2.58. The molecule has 0 amide bonds. The van der Waals surface area contributed by atoms with Gasteiger partial charge in [0, 0.05) is 23.8 Å². The topological polar surface area (TPSA) is 40.5 Å². The van der Waals surface area contributed by atoms with Crippen LogP contribution in [0.15, 0.2) is 18.2 Å². The summed E-state index contributed by atoms with van der Waals surface area (Å²) >= 11 is 0. The van der Waals surface area contributed by atoms with E-state index >= 15 is 0 Å². The van der Waals surface area contributed by atoms with Gasteiger partial charge in [-0.25, -0.2) is 0 Å². The van der Waals surface area contributed by atoms with Crippen LogP contribution >= 0.6 is 0 Å². The van der Waals surface area contributed by atoms with Gasteiger partial charge in [0.15, 0.2) is 0 Å². The number of ketones is 1. The molecule has 4 atom stereocenters. The molecular weight excluding hydrogens is 262 g/mol. The number of benzene rings is 1. The summed E-state index contributed by atoms with van der Waals surface area (Å²) < 4.78 is 0. The Balaban J connectivity index is 1.91. The predicted molar refractivity (Wildman–Crippen MR) is 81.4 cm³/mol. The number of hydrogen-bond donors (Lipinski definition) is 1. The Hall–Kier alpha value is -1.35. The Morgan fingerprint density at radius 3 is 3.00 bits per heavy atom. The number of phenolic OH excluding ortho intramolecular Hbond substituents is 1. The van der Waals surface area contributed by atoms with Crippen LogP contribution in [0.2, 0.25) is 0 Å². The second-order valence-electron chi connectivity index (χ2n) is 7.39. The van der Waals surface area contributed by atoms with E-state index in [0.29, 0.717) is 29.9 Å². The number of carbonyl (C=O) groups is 1. The minimum absolute atomic E-state index is 0.0207. The second kappa shape index (κ2) is 4.33. The van der Waals surface area contributed by atoms with Crippen LogP contribution in [0.5, 0.6) is 5.75 Å². The molecule has 1 aromatic carbocycles. The number of aromatic hydroxyl groups is 1. The van der Waals surface area contributed by atoms with E-state index in [9.17, 15) is 9.90 Å². The lowest BCUT2D eigenvalue weighted by Crippen LogP contribution is -2.61. The first kappa shape index (κ1) is 13.3. The highest BCUT2D eigenvalue weighted by molar-refractivity contribution is 5.83. The maximum atomic E-state index is 12.4. The molecule has 2 fully saturated rings. The van der Waals surface area contributed by atoms with Crippen LogP contribution < -0.4 is 0 Å². The van der Waals surface area contributed by atoms with Crippen molar-refractivity contribution in [2.24, 2.45) is 11.8 Å². The summed E-state index contributed by atoms with van der Waals surface area (Å²) in [5, 5.41) is 9.95. The maximum Gasteiger partial charge on any atom is 0.136 e. The summed E-state index contributed by atoms with van der Waals surface area (Å²) in [4.78, 5) is 14.9. The van der Waals surface area contributed by atoms with E-state index in [1.807, 2.05) is 6.07 Å². The van der Waals surface area contributed by atoms with Crippen molar-refractivity contribution in [1.29, 1.82) is 0 Å². The van der Waals surface area contributed by atoms with Crippen molar-refractivity contribution in [3.05, 3.63) is 29.3 Å². The molecule has 112 valence electrons. The highest BCUT2D eigenvalue weighted by Gasteiger charge is 2.56. The summed E-state index contributed by atoms with van der Waals surface area (Å²) in [7, 11) is 2.22. The molecule has 3 nitrogen and oxygen atoms in total. The van der Waals surface area contributed by atoms with Crippen molar-refractivity contribution < 1.29 is 9.90 Å². The van der Waals surface area contributed by atoms with E-state index in [4.69, 9.17) is 0 Å². The molecule has 2 bridgehead atoms. The zero-order chi connectivity index (χ0) is 14.8. The Morgan fingerprint density at radius 1 is 1.38 bits per heavy atom. The number of likely N-dealkylation sites (N-methyl/N-ethyl adjacent to an activating group) is 1. The van der Waals surface area contributed by atoms with Gasteiger partial charge in [-0.2, -0.15) is 0 Å². The van der Waals surface area contributed by atoms with Crippen LogP contribution in [0.3, 0.4) is 0 Å². The van der Waals surface area contributed by atoms with E-state index < -0.39 is 0 Å². The second-order valence-corrected chi connectivity index (χ2v) is 7.39. The van der Waals surface area contributed by atoms with Crippen LogP contribution in [-0.2, 0) is 16.6 Å². The van der Waals surface area contributed by atoms with Gasteiger partial charge >= 0.3 is 0 Å². The summed E-state index contributed by atoms with van der Waals surface area (Å²) in [6.07, 6.45) is 3.77. The molecule has 0 spiro atoms. The molecule has 1 N–H and O–H groups in total. The zero-order valence-corrected chi connectivity index (χ0v) is 12.8. The number of Topliss-reactive ketones (excluding diaryl/α,β-unsaturated/α-hetero) is 1. The van der Waals surface area contributed by atoms with Gasteiger partial charge in [0.2, 0.25) is 0 Å². The SMILES string of the molecule is C[C@H]1C[C@H]2[C@H]3Cc4ccc(O)cc4[C@@]2(CCN3C)CC1=O. The Labute approximate surface area is 126 Å². The summed E-state index contributed by atoms with van der Waals surface area (Å²) in [5.74, 6) is 1.49. The largest absolute Gasteiger partial charge is 0.508 e. The van der Waals surface area contributed by atoms with Gasteiger partial charge in [0.1, 0.15) is 11.5 Å². The number of piperidine rings is 1. The van der Waals surface area contributed by atoms with Crippen LogP contribution in [0.25, 0.3) is 0 Å². The smallest absolute Gasteiger partial charge is 0.136 e. The lowest BCUT2D eigenvalue weighted by atomic mass is 9.51. The van der Waals surface area contributed by atoms with Crippen molar-refractivity contribution in [2.45, 2.75) is 44.1 Å². The van der Waals surface area contributed by atoms with Gasteiger partial charge in [-0.05, 0) is 62.0 Å². The van der Waals surface area contributed by atoms with Gasteiger partial charge < -0.3 is 10.0 Å². The third kappa shape index (κ3) is 1.73. The van der Waals surface area contributed by atoms with Gasteiger partial charge in [-0.3, -0.25) is 4.79 Å². The molecule has 0 radical (unpaired) electrons. The average molecular weight is 285 g/mol. The van der Waals surface area contributed by atoms with E-state index in [2.05, 4.69) is 24.9 Å². The molecule has 2 aliphatic carbocycles. The Kier molecular flexibility index (Phi) is 2.74.